The zero-order valence-corrected chi connectivity index (χ0v) is 12.5. The van der Waals surface area contributed by atoms with Gasteiger partial charge in [-0.15, -0.1) is 12.4 Å². The minimum absolute atomic E-state index is 0. The third-order valence-electron chi connectivity index (χ3n) is 3.50. The maximum absolute atomic E-state index is 13.0. The molecule has 1 aliphatic heterocycles. The van der Waals surface area contributed by atoms with E-state index < -0.39 is 0 Å². The van der Waals surface area contributed by atoms with E-state index in [4.69, 9.17) is 9.47 Å². The highest BCUT2D eigenvalue weighted by atomic mass is 35.5. The quantitative estimate of drug-likeness (QED) is 0.938. The fraction of sp³-hybridized carbons (Fsp3) is 0.250. The maximum atomic E-state index is 13.0. The lowest BCUT2D eigenvalue weighted by Gasteiger charge is -2.17. The SMILES string of the molecule is CNC(Cc1ccc2c(c1)OCO2)c1ccc(F)cc1.Cl. The van der Waals surface area contributed by atoms with Crippen LogP contribution in [0.15, 0.2) is 42.5 Å². The second-order valence-corrected chi connectivity index (χ2v) is 4.78. The molecule has 0 bridgehead atoms. The molecule has 112 valence electrons. The van der Waals surface area contributed by atoms with Gasteiger partial charge in [0.05, 0.1) is 0 Å². The summed E-state index contributed by atoms with van der Waals surface area (Å²) >= 11 is 0. The molecule has 0 radical (unpaired) electrons. The van der Waals surface area contributed by atoms with Crippen LogP contribution >= 0.6 is 12.4 Å². The molecule has 0 amide bonds. The molecular weight excluding hydrogens is 293 g/mol. The number of hydrogen-bond donors (Lipinski definition) is 1. The second kappa shape index (κ2) is 6.78. The van der Waals surface area contributed by atoms with E-state index in [1.165, 1.54) is 12.1 Å². The molecule has 1 aliphatic rings. The molecule has 3 rings (SSSR count). The third kappa shape index (κ3) is 3.46. The van der Waals surface area contributed by atoms with Gasteiger partial charge in [0, 0.05) is 6.04 Å². The molecule has 0 aliphatic carbocycles. The van der Waals surface area contributed by atoms with E-state index in [-0.39, 0.29) is 31.1 Å². The highest BCUT2D eigenvalue weighted by Crippen LogP contribution is 2.33. The molecule has 0 aromatic heterocycles. The highest BCUT2D eigenvalue weighted by molar-refractivity contribution is 5.85. The molecule has 5 heteroatoms. The molecule has 0 saturated carbocycles. The molecule has 0 saturated heterocycles. The fourth-order valence-electron chi connectivity index (χ4n) is 2.39. The van der Waals surface area contributed by atoms with Crippen LogP contribution in [-0.2, 0) is 6.42 Å². The van der Waals surface area contributed by atoms with Crippen LogP contribution in [-0.4, -0.2) is 13.8 Å². The number of fused-ring (bicyclic) bond motifs is 1. The van der Waals surface area contributed by atoms with Crippen LogP contribution in [0.5, 0.6) is 11.5 Å². The highest BCUT2D eigenvalue weighted by Gasteiger charge is 2.16. The predicted molar refractivity (Wildman–Crippen MR) is 81.7 cm³/mol. The standard InChI is InChI=1S/C16H16FNO2.ClH/c1-18-14(12-3-5-13(17)6-4-12)8-11-2-7-15-16(9-11)20-10-19-15;/h2-7,9,14,18H,8,10H2,1H3;1H. The average Bonchev–Trinajstić information content (AvgIpc) is 2.93. The lowest BCUT2D eigenvalue weighted by Crippen LogP contribution is -2.18. The van der Waals surface area contributed by atoms with Gasteiger partial charge in [0.2, 0.25) is 6.79 Å². The van der Waals surface area contributed by atoms with Gasteiger partial charge in [-0.2, -0.15) is 0 Å². The van der Waals surface area contributed by atoms with Crippen molar-refractivity contribution in [2.24, 2.45) is 0 Å². The van der Waals surface area contributed by atoms with Crippen LogP contribution in [0.2, 0.25) is 0 Å². The zero-order valence-electron chi connectivity index (χ0n) is 11.6. The number of likely N-dealkylation sites (N-methyl/N-ethyl adjacent to an activating group) is 1. The van der Waals surface area contributed by atoms with E-state index >= 15 is 0 Å². The predicted octanol–water partition coefficient (Wildman–Crippen LogP) is 3.48. The van der Waals surface area contributed by atoms with E-state index in [2.05, 4.69) is 5.32 Å². The first-order chi connectivity index (χ1) is 9.76. The largest absolute Gasteiger partial charge is 0.454 e. The van der Waals surface area contributed by atoms with Crippen LogP contribution in [0.4, 0.5) is 4.39 Å². The summed E-state index contributed by atoms with van der Waals surface area (Å²) in [6, 6.07) is 12.7. The summed E-state index contributed by atoms with van der Waals surface area (Å²) in [4.78, 5) is 0. The molecule has 2 aromatic rings. The second-order valence-electron chi connectivity index (χ2n) is 4.78. The van der Waals surface area contributed by atoms with Gasteiger partial charge in [0.25, 0.3) is 0 Å². The Kier molecular flexibility index (Phi) is 5.04. The van der Waals surface area contributed by atoms with Crippen LogP contribution in [0.3, 0.4) is 0 Å². The van der Waals surface area contributed by atoms with Gasteiger partial charge in [-0.3, -0.25) is 0 Å². The summed E-state index contributed by atoms with van der Waals surface area (Å²) < 4.78 is 23.7. The minimum atomic E-state index is -0.216. The van der Waals surface area contributed by atoms with Crippen molar-refractivity contribution in [1.29, 1.82) is 0 Å². The first-order valence-corrected chi connectivity index (χ1v) is 6.57. The van der Waals surface area contributed by atoms with Crippen molar-refractivity contribution in [2.75, 3.05) is 13.8 Å². The Bertz CT molecular complexity index is 604. The fourth-order valence-corrected chi connectivity index (χ4v) is 2.39. The molecule has 21 heavy (non-hydrogen) atoms. The van der Waals surface area contributed by atoms with Gasteiger partial charge in [-0.05, 0) is 48.9 Å². The van der Waals surface area contributed by atoms with Gasteiger partial charge in [0.15, 0.2) is 11.5 Å². The first kappa shape index (κ1) is 15.6. The Morgan fingerprint density at radius 1 is 1.10 bits per heavy atom. The summed E-state index contributed by atoms with van der Waals surface area (Å²) in [5.74, 6) is 1.36. The van der Waals surface area contributed by atoms with E-state index in [0.29, 0.717) is 0 Å². The van der Waals surface area contributed by atoms with Crippen molar-refractivity contribution >= 4 is 12.4 Å². The van der Waals surface area contributed by atoms with E-state index in [1.807, 2.05) is 37.4 Å². The van der Waals surface area contributed by atoms with Crippen molar-refractivity contribution in [2.45, 2.75) is 12.5 Å². The van der Waals surface area contributed by atoms with Crippen molar-refractivity contribution in [3.63, 3.8) is 0 Å². The van der Waals surface area contributed by atoms with Crippen molar-refractivity contribution in [3.8, 4) is 11.5 Å². The topological polar surface area (TPSA) is 30.5 Å². The Hall–Kier alpha value is -1.78. The van der Waals surface area contributed by atoms with Crippen LogP contribution in [0.25, 0.3) is 0 Å². The minimum Gasteiger partial charge on any atom is -0.454 e. The van der Waals surface area contributed by atoms with Gasteiger partial charge >= 0.3 is 0 Å². The molecule has 2 aromatic carbocycles. The third-order valence-corrected chi connectivity index (χ3v) is 3.50. The number of nitrogens with one attached hydrogen (secondary N) is 1. The summed E-state index contributed by atoms with van der Waals surface area (Å²) in [6.07, 6.45) is 0.804. The molecule has 0 spiro atoms. The van der Waals surface area contributed by atoms with Crippen LogP contribution in [0, 0.1) is 5.82 Å². The average molecular weight is 310 g/mol. The number of rotatable bonds is 4. The van der Waals surface area contributed by atoms with Crippen molar-refractivity contribution < 1.29 is 13.9 Å². The Morgan fingerprint density at radius 3 is 2.52 bits per heavy atom. The smallest absolute Gasteiger partial charge is 0.231 e. The van der Waals surface area contributed by atoms with Crippen molar-refractivity contribution in [1.82, 2.24) is 5.32 Å². The molecule has 0 fully saturated rings. The summed E-state index contributed by atoms with van der Waals surface area (Å²) in [5, 5.41) is 3.26. The molecule has 1 heterocycles. The van der Waals surface area contributed by atoms with E-state index in [0.717, 1.165) is 29.0 Å². The van der Waals surface area contributed by atoms with Crippen molar-refractivity contribution in [3.05, 3.63) is 59.4 Å². The first-order valence-electron chi connectivity index (χ1n) is 6.57. The maximum Gasteiger partial charge on any atom is 0.231 e. The number of ether oxygens (including phenoxy) is 2. The summed E-state index contributed by atoms with van der Waals surface area (Å²) in [7, 11) is 1.90. The molecule has 1 N–H and O–H groups in total. The van der Waals surface area contributed by atoms with Gasteiger partial charge < -0.3 is 14.8 Å². The Balaban J connectivity index is 0.00000161. The summed E-state index contributed by atoms with van der Waals surface area (Å²) in [5.41, 5.74) is 2.21. The Morgan fingerprint density at radius 2 is 1.81 bits per heavy atom. The van der Waals surface area contributed by atoms with Crippen LogP contribution < -0.4 is 14.8 Å². The number of benzene rings is 2. The molecule has 3 nitrogen and oxygen atoms in total. The monoisotopic (exact) mass is 309 g/mol. The number of hydrogen-bond acceptors (Lipinski definition) is 3. The zero-order chi connectivity index (χ0) is 13.9. The normalized spacial score (nSPS) is 13.6. The Labute approximate surface area is 129 Å². The van der Waals surface area contributed by atoms with Crippen LogP contribution in [0.1, 0.15) is 17.2 Å². The lowest BCUT2D eigenvalue weighted by atomic mass is 9.99. The summed E-state index contributed by atoms with van der Waals surface area (Å²) in [6.45, 7) is 0.284. The van der Waals surface area contributed by atoms with E-state index in [9.17, 15) is 4.39 Å². The molecule has 1 atom stereocenters. The molecular formula is C16H17ClFNO2. The van der Waals surface area contributed by atoms with Gasteiger partial charge in [0.1, 0.15) is 5.82 Å². The number of halogens is 2. The van der Waals surface area contributed by atoms with E-state index in [1.54, 1.807) is 0 Å². The van der Waals surface area contributed by atoms with Gasteiger partial charge in [-0.25, -0.2) is 4.39 Å². The molecule has 1 unspecified atom stereocenters. The lowest BCUT2D eigenvalue weighted by molar-refractivity contribution is 0.174. The van der Waals surface area contributed by atoms with Gasteiger partial charge in [-0.1, -0.05) is 18.2 Å².